The van der Waals surface area contributed by atoms with Gasteiger partial charge in [0, 0.05) is 6.07 Å². The maximum absolute atomic E-state index is 5.72. The van der Waals surface area contributed by atoms with E-state index in [4.69, 9.17) is 18.9 Å². The first-order valence-electron chi connectivity index (χ1n) is 8.70. The molecule has 0 radical (unpaired) electrons. The van der Waals surface area contributed by atoms with Crippen LogP contribution in [0.1, 0.15) is 23.6 Å². The quantitative estimate of drug-likeness (QED) is 0.788. The van der Waals surface area contributed by atoms with Crippen LogP contribution in [0, 0.1) is 12.8 Å². The Kier molecular flexibility index (Phi) is 5.37. The number of aryl methyl sites for hydroxylation is 1. The summed E-state index contributed by atoms with van der Waals surface area (Å²) in [6.45, 7) is 5.64. The van der Waals surface area contributed by atoms with Gasteiger partial charge in [0.2, 0.25) is 0 Å². The Morgan fingerprint density at radius 2 is 1.48 bits per heavy atom. The summed E-state index contributed by atoms with van der Waals surface area (Å²) in [6, 6.07) is 10.3. The second-order valence-corrected chi connectivity index (χ2v) is 6.66. The third-order valence-electron chi connectivity index (χ3n) is 4.56. The van der Waals surface area contributed by atoms with Gasteiger partial charge in [0.25, 0.3) is 0 Å². The molecule has 0 fully saturated rings. The molecule has 1 heterocycles. The number of ether oxygens (including phenoxy) is 4. The average Bonchev–Trinajstić information content (AvgIpc) is 2.61. The maximum Gasteiger partial charge on any atom is 0.161 e. The fourth-order valence-corrected chi connectivity index (χ4v) is 3.29. The smallest absolute Gasteiger partial charge is 0.161 e. The Morgan fingerprint density at radius 1 is 0.880 bits per heavy atom. The van der Waals surface area contributed by atoms with Crippen molar-refractivity contribution in [2.75, 3.05) is 27.4 Å². The third kappa shape index (κ3) is 4.19. The maximum atomic E-state index is 5.72. The van der Waals surface area contributed by atoms with Crippen LogP contribution in [0.5, 0.6) is 23.0 Å². The van der Waals surface area contributed by atoms with Gasteiger partial charge in [0.15, 0.2) is 11.5 Å². The van der Waals surface area contributed by atoms with Crippen LogP contribution < -0.4 is 18.9 Å². The average molecular weight is 342 g/mol. The summed E-state index contributed by atoms with van der Waals surface area (Å²) in [5.41, 5.74) is 3.78. The lowest BCUT2D eigenvalue weighted by Crippen LogP contribution is -2.16. The van der Waals surface area contributed by atoms with Crippen molar-refractivity contribution < 1.29 is 18.9 Å². The molecule has 1 aliphatic heterocycles. The van der Waals surface area contributed by atoms with E-state index in [1.54, 1.807) is 14.2 Å². The van der Waals surface area contributed by atoms with E-state index >= 15 is 0 Å². The van der Waals surface area contributed by atoms with Crippen molar-refractivity contribution in [1.82, 2.24) is 0 Å². The van der Waals surface area contributed by atoms with Gasteiger partial charge in [-0.3, -0.25) is 0 Å². The lowest BCUT2D eigenvalue weighted by Gasteiger charge is -2.21. The highest BCUT2D eigenvalue weighted by Gasteiger charge is 2.16. The van der Waals surface area contributed by atoms with Crippen LogP contribution in [0.2, 0.25) is 0 Å². The molecule has 0 bridgehead atoms. The number of benzene rings is 2. The molecule has 0 aromatic heterocycles. The molecular formula is C21H26O4. The van der Waals surface area contributed by atoms with Gasteiger partial charge in [-0.2, -0.15) is 0 Å². The molecular weight excluding hydrogens is 316 g/mol. The van der Waals surface area contributed by atoms with Crippen LogP contribution in [0.15, 0.2) is 30.3 Å². The Bertz CT molecular complexity index is 717. The van der Waals surface area contributed by atoms with Crippen molar-refractivity contribution in [3.05, 3.63) is 47.0 Å². The Morgan fingerprint density at radius 3 is 2.08 bits per heavy atom. The molecule has 25 heavy (non-hydrogen) atoms. The van der Waals surface area contributed by atoms with E-state index in [0.717, 1.165) is 35.8 Å². The van der Waals surface area contributed by atoms with Gasteiger partial charge in [0.1, 0.15) is 24.7 Å². The predicted molar refractivity (Wildman–Crippen MR) is 98.3 cm³/mol. The number of rotatable bonds is 6. The predicted octanol–water partition coefficient (Wildman–Crippen LogP) is 4.20. The largest absolute Gasteiger partial charge is 0.497 e. The zero-order chi connectivity index (χ0) is 17.8. The first-order chi connectivity index (χ1) is 12.1. The van der Waals surface area contributed by atoms with Crippen molar-refractivity contribution in [2.24, 2.45) is 5.92 Å². The van der Waals surface area contributed by atoms with E-state index in [1.165, 1.54) is 16.7 Å². The Hall–Kier alpha value is -2.36. The highest BCUT2D eigenvalue weighted by atomic mass is 16.6. The van der Waals surface area contributed by atoms with Gasteiger partial charge < -0.3 is 18.9 Å². The minimum absolute atomic E-state index is 0.484. The monoisotopic (exact) mass is 342 g/mol. The van der Waals surface area contributed by atoms with Crippen LogP contribution >= 0.6 is 0 Å². The molecule has 0 saturated carbocycles. The number of methoxy groups -OCH3 is 2. The lowest BCUT2D eigenvalue weighted by molar-refractivity contribution is 0.171. The third-order valence-corrected chi connectivity index (χ3v) is 4.56. The standard InChI is InChI=1S/C21H26O4/c1-14(7-16-10-18(22-3)13-19(11-16)23-4)8-17-12-21-20(9-15(17)2)24-5-6-25-21/h9-14H,5-8H2,1-4H3. The summed E-state index contributed by atoms with van der Waals surface area (Å²) in [4.78, 5) is 0. The Balaban J connectivity index is 1.73. The molecule has 0 spiro atoms. The lowest BCUT2D eigenvalue weighted by atomic mass is 9.91. The van der Waals surface area contributed by atoms with Gasteiger partial charge in [-0.25, -0.2) is 0 Å². The molecule has 0 amide bonds. The molecule has 2 aromatic rings. The fraction of sp³-hybridized carbons (Fsp3) is 0.429. The van der Waals surface area contributed by atoms with E-state index in [-0.39, 0.29) is 0 Å². The summed E-state index contributed by atoms with van der Waals surface area (Å²) in [6.07, 6.45) is 1.95. The summed E-state index contributed by atoms with van der Waals surface area (Å²) in [5.74, 6) is 3.87. The summed E-state index contributed by atoms with van der Waals surface area (Å²) in [7, 11) is 3.36. The highest BCUT2D eigenvalue weighted by molar-refractivity contribution is 5.48. The first kappa shape index (κ1) is 17.5. The van der Waals surface area contributed by atoms with Crippen LogP contribution in [0.4, 0.5) is 0 Å². The van der Waals surface area contributed by atoms with Gasteiger partial charge in [-0.1, -0.05) is 6.92 Å². The van der Waals surface area contributed by atoms with Crippen LogP contribution in [0.3, 0.4) is 0 Å². The van der Waals surface area contributed by atoms with Crippen molar-refractivity contribution >= 4 is 0 Å². The second kappa shape index (κ2) is 7.68. The number of hydrogen-bond donors (Lipinski definition) is 0. The molecule has 0 aliphatic carbocycles. The molecule has 2 aromatic carbocycles. The van der Waals surface area contributed by atoms with Crippen LogP contribution in [-0.2, 0) is 12.8 Å². The van der Waals surface area contributed by atoms with Gasteiger partial charge >= 0.3 is 0 Å². The molecule has 1 unspecified atom stereocenters. The van der Waals surface area contributed by atoms with Crippen molar-refractivity contribution in [3.8, 4) is 23.0 Å². The van der Waals surface area contributed by atoms with Crippen LogP contribution in [-0.4, -0.2) is 27.4 Å². The van der Waals surface area contributed by atoms with Crippen LogP contribution in [0.25, 0.3) is 0 Å². The van der Waals surface area contributed by atoms with Crippen molar-refractivity contribution in [2.45, 2.75) is 26.7 Å². The summed E-state index contributed by atoms with van der Waals surface area (Å²) >= 11 is 0. The number of hydrogen-bond acceptors (Lipinski definition) is 4. The van der Waals surface area contributed by atoms with E-state index in [9.17, 15) is 0 Å². The highest BCUT2D eigenvalue weighted by Crippen LogP contribution is 2.34. The molecule has 3 rings (SSSR count). The summed E-state index contributed by atoms with van der Waals surface area (Å²) in [5, 5.41) is 0. The zero-order valence-electron chi connectivity index (χ0n) is 15.4. The van der Waals surface area contributed by atoms with E-state index < -0.39 is 0 Å². The van der Waals surface area contributed by atoms with E-state index in [2.05, 4.69) is 38.1 Å². The fourth-order valence-electron chi connectivity index (χ4n) is 3.29. The van der Waals surface area contributed by atoms with Crippen molar-refractivity contribution in [3.63, 3.8) is 0 Å². The van der Waals surface area contributed by atoms with Gasteiger partial charge in [-0.05, 0) is 66.6 Å². The molecule has 1 aliphatic rings. The zero-order valence-corrected chi connectivity index (χ0v) is 15.4. The first-order valence-corrected chi connectivity index (χ1v) is 8.70. The molecule has 4 nitrogen and oxygen atoms in total. The molecule has 4 heteroatoms. The second-order valence-electron chi connectivity index (χ2n) is 6.66. The normalized spacial score (nSPS) is 14.1. The minimum atomic E-state index is 0.484. The Labute approximate surface area is 149 Å². The SMILES string of the molecule is COc1cc(CC(C)Cc2cc3c(cc2C)OCCO3)cc(OC)c1. The van der Waals surface area contributed by atoms with Gasteiger partial charge in [-0.15, -0.1) is 0 Å². The molecule has 1 atom stereocenters. The van der Waals surface area contributed by atoms with Crippen molar-refractivity contribution in [1.29, 1.82) is 0 Å². The van der Waals surface area contributed by atoms with E-state index in [0.29, 0.717) is 19.1 Å². The minimum Gasteiger partial charge on any atom is -0.497 e. The molecule has 134 valence electrons. The summed E-state index contributed by atoms with van der Waals surface area (Å²) < 4.78 is 22.1. The molecule has 0 N–H and O–H groups in total. The topological polar surface area (TPSA) is 36.9 Å². The van der Waals surface area contributed by atoms with E-state index in [1.807, 2.05) is 6.07 Å². The van der Waals surface area contributed by atoms with Gasteiger partial charge in [0.05, 0.1) is 14.2 Å². The number of fused-ring (bicyclic) bond motifs is 1. The molecule has 0 saturated heterocycles.